The van der Waals surface area contributed by atoms with Crippen LogP contribution in [0.4, 0.5) is 0 Å². The summed E-state index contributed by atoms with van der Waals surface area (Å²) >= 11 is 5.08. The number of carbonyl (C=O) groups is 6. The number of aromatic hydroxyl groups is 4. The van der Waals surface area contributed by atoms with Crippen molar-refractivity contribution in [3.8, 4) is 46.0 Å². The first kappa shape index (κ1) is 116. The molecule has 0 amide bonds. The Labute approximate surface area is 773 Å². The second-order valence-corrected chi connectivity index (χ2v) is 79.7. The number of likely N-dealkylation sites (N-methyl/N-ethyl adjacent to an activating group) is 1. The summed E-state index contributed by atoms with van der Waals surface area (Å²) in [4.78, 5) is 83.5. The number of ether oxygens (including phenoxy) is 6. The Morgan fingerprint density at radius 3 is 1.13 bits per heavy atom. The van der Waals surface area contributed by atoms with Crippen molar-refractivity contribution >= 4 is 198 Å². The molecular formula is C78H105BClNO28P18. The van der Waals surface area contributed by atoms with Crippen molar-refractivity contribution in [2.75, 3.05) is 120 Å². The molecule has 127 heavy (non-hydrogen) atoms. The minimum atomic E-state index is -4.55. The van der Waals surface area contributed by atoms with E-state index in [4.69, 9.17) is 67.4 Å². The number of halogens is 1. The molecule has 29 nitrogen and oxygen atoms in total. The van der Waals surface area contributed by atoms with Crippen molar-refractivity contribution in [2.45, 2.75) is 14.4 Å². The van der Waals surface area contributed by atoms with Gasteiger partial charge in [0.25, 0.3) is 13.7 Å². The molecule has 8 aromatic rings. The van der Waals surface area contributed by atoms with E-state index in [1.54, 1.807) is 128 Å². The number of phosphoric acid groups is 2. The summed E-state index contributed by atoms with van der Waals surface area (Å²) in [6.07, 6.45) is 1.07. The van der Waals surface area contributed by atoms with Crippen LogP contribution in [0.15, 0.2) is 219 Å². The predicted molar refractivity (Wildman–Crippen MR) is 541 cm³/mol. The van der Waals surface area contributed by atoms with Gasteiger partial charge in [0.15, 0.2) is 23.1 Å². The van der Waals surface area contributed by atoms with Crippen LogP contribution in [-0.4, -0.2) is 191 Å². The highest BCUT2D eigenvalue weighted by atomic mass is 35.7. The molecule has 5 N–H and O–H groups in total. The lowest BCUT2D eigenvalue weighted by Gasteiger charge is -2.38. The topological polar surface area (TPSA) is 398 Å². The molecule has 0 saturated carbocycles. The van der Waals surface area contributed by atoms with E-state index < -0.39 is 34.5 Å². The van der Waals surface area contributed by atoms with E-state index in [9.17, 15) is 67.8 Å². The number of carbonyl (C=O) groups excluding carboxylic acids is 6. The highest BCUT2D eigenvalue weighted by Gasteiger charge is 2.40. The molecule has 8 aromatic carbocycles. The van der Waals surface area contributed by atoms with Gasteiger partial charge < -0.3 is 72.4 Å². The summed E-state index contributed by atoms with van der Waals surface area (Å²) < 4.78 is 98.9. The molecule has 0 radical (unpaired) electrons. The molecule has 690 valence electrons. The van der Waals surface area contributed by atoms with E-state index >= 15 is 0 Å². The van der Waals surface area contributed by atoms with Crippen LogP contribution in [0.25, 0.3) is 0 Å². The van der Waals surface area contributed by atoms with E-state index in [2.05, 4.69) is 103 Å². The number of esters is 2. The van der Waals surface area contributed by atoms with Crippen molar-refractivity contribution in [1.82, 2.24) is 0 Å². The molecule has 0 bridgehead atoms. The molecule has 11 atom stereocenters. The largest absolute Gasteiger partial charge is 0.756 e. The Morgan fingerprint density at radius 1 is 0.496 bits per heavy atom. The fraction of sp³-hybridized carbons (Fsp3) is 0.256. The van der Waals surface area contributed by atoms with Gasteiger partial charge in [-0.3, -0.25) is 46.4 Å². The van der Waals surface area contributed by atoms with Crippen LogP contribution in [0.5, 0.6) is 46.0 Å². The summed E-state index contributed by atoms with van der Waals surface area (Å²) in [6, 6.07) is 52.1. The van der Waals surface area contributed by atoms with Gasteiger partial charge in [-0.1, -0.05) is 163 Å². The van der Waals surface area contributed by atoms with Crippen molar-refractivity contribution < 1.29 is 137 Å². The normalized spacial score (nSPS) is 13.5. The minimum absolute atomic E-state index is 0. The van der Waals surface area contributed by atoms with Gasteiger partial charge in [-0.05, 0) is 76.4 Å². The fourth-order valence-electron chi connectivity index (χ4n) is 9.93. The number of phosphoric ester groups is 2. The van der Waals surface area contributed by atoms with Gasteiger partial charge in [0.1, 0.15) is 105 Å². The number of quaternary nitrogens is 1. The van der Waals surface area contributed by atoms with Crippen LogP contribution in [0, 0.1) is 0 Å². The van der Waals surface area contributed by atoms with Gasteiger partial charge in [-0.15, -0.1) is 80.4 Å². The quantitative estimate of drug-likeness (QED) is 0.00453. The Balaban J connectivity index is 0.000000333. The monoisotopic (exact) mass is 2110 g/mol. The smallest absolute Gasteiger partial charge is 0.475 e. The molecule has 2 aliphatic heterocycles. The number of ketones is 4. The second-order valence-electron chi connectivity index (χ2n) is 26.1. The number of benzene rings is 8. The summed E-state index contributed by atoms with van der Waals surface area (Å²) in [5.41, 5.74) is 2.98. The van der Waals surface area contributed by atoms with E-state index in [-0.39, 0.29) is 203 Å². The summed E-state index contributed by atoms with van der Waals surface area (Å²) in [7, 11) is 23.5. The van der Waals surface area contributed by atoms with Crippen LogP contribution in [0.3, 0.4) is 0 Å². The van der Waals surface area contributed by atoms with Gasteiger partial charge in [-0.25, -0.2) is 18.7 Å². The maximum Gasteiger partial charge on any atom is 0.475 e. The molecule has 49 heteroatoms. The van der Waals surface area contributed by atoms with E-state index in [0.717, 1.165) is 11.9 Å². The average molecular weight is 2110 g/mol. The highest BCUT2D eigenvalue weighted by molar-refractivity contribution is 9.13. The zero-order chi connectivity index (χ0) is 93.2. The molecule has 2 fully saturated rings. The van der Waals surface area contributed by atoms with Gasteiger partial charge in [0, 0.05) is 69.4 Å². The van der Waals surface area contributed by atoms with Gasteiger partial charge in [0.05, 0.1) is 82.6 Å². The molecule has 2 aliphatic rings. The third-order valence-electron chi connectivity index (χ3n) is 16.2. The average Bonchev–Trinajstić information content (AvgIpc) is 1.33. The molecule has 11 unspecified atom stereocenters. The Hall–Kier alpha value is -3.65. The van der Waals surface area contributed by atoms with Crippen molar-refractivity contribution in [3.63, 3.8) is 0 Å². The molecule has 0 spiro atoms. The van der Waals surface area contributed by atoms with E-state index in [1.807, 2.05) is 32.3 Å². The lowest BCUT2D eigenvalue weighted by atomic mass is 10.0. The molecule has 0 aliphatic carbocycles. The molecule has 2 heterocycles. The lowest BCUT2D eigenvalue weighted by molar-refractivity contribution is -0.890. The van der Waals surface area contributed by atoms with E-state index in [0.29, 0.717) is 75.9 Å². The fourth-order valence-corrected chi connectivity index (χ4v) is 99.2. The van der Waals surface area contributed by atoms with Crippen LogP contribution in [0.1, 0.15) is 78.0 Å². The third kappa shape index (κ3) is 43.3. The first-order valence-corrected chi connectivity index (χ1v) is 67.5. The number of hydrogen-bond acceptors (Lipinski definition) is 28. The van der Waals surface area contributed by atoms with Crippen molar-refractivity contribution in [3.05, 3.63) is 263 Å². The highest BCUT2D eigenvalue weighted by Crippen LogP contribution is 3.06. The number of nitrogens with zero attached hydrogens (tertiary/aromatic N) is 1. The maximum absolute atomic E-state index is 12.5. The summed E-state index contributed by atoms with van der Waals surface area (Å²) in [6.45, 7) is 7.29. The van der Waals surface area contributed by atoms with Gasteiger partial charge in [0.2, 0.25) is 0 Å². The lowest BCUT2D eigenvalue weighted by Crippen LogP contribution is -2.45. The number of phenolic OH excluding ortho intramolecular Hbond substituents is 4. The van der Waals surface area contributed by atoms with Crippen LogP contribution >= 0.6 is 157 Å². The van der Waals surface area contributed by atoms with Gasteiger partial charge in [-0.2, -0.15) is 0 Å². The first-order valence-electron chi connectivity index (χ1n) is 37.2. The van der Waals surface area contributed by atoms with Crippen LogP contribution in [-0.2, 0) is 64.4 Å². The molecule has 2 saturated heterocycles. The number of aliphatic hydroxyl groups excluding tert-OH is 1. The number of rotatable bonds is 40. The summed E-state index contributed by atoms with van der Waals surface area (Å²) in [5, 5.41) is 48.8. The van der Waals surface area contributed by atoms with Crippen LogP contribution in [0.2, 0.25) is 0 Å². The van der Waals surface area contributed by atoms with Crippen molar-refractivity contribution in [1.29, 1.82) is 0 Å². The Morgan fingerprint density at radius 2 is 0.827 bits per heavy atom. The number of phenols is 4. The zero-order valence-electron chi connectivity index (χ0n) is 68.5. The molecule has 10 rings (SSSR count). The maximum atomic E-state index is 12.5. The van der Waals surface area contributed by atoms with Crippen LogP contribution < -0.4 is 23.8 Å². The Kier molecular flexibility index (Phi) is 55.2. The third-order valence-corrected chi connectivity index (χ3v) is 76.3. The first-order chi connectivity index (χ1) is 59.7. The molecular weight excluding hydrogens is 2000 g/mol. The minimum Gasteiger partial charge on any atom is -0.756 e. The van der Waals surface area contributed by atoms with Gasteiger partial charge >= 0.3 is 26.7 Å². The second kappa shape index (κ2) is 60.7. The number of aliphatic hydroxyl groups is 1. The van der Waals surface area contributed by atoms with E-state index in [1.165, 1.54) is 54.6 Å². The molecule has 0 aromatic heterocycles. The predicted octanol–water partition coefficient (Wildman–Crippen LogP) is 20.3. The SMILES string of the molecule is C.C=C(C)C(=O)OCC[N+](C)(C)CCOP(=O)([O-])OCCOc1ccc(C(=O)c2ccccc2)c(O)c1.C=CC(=O)OCCOc1ccc(C(=O)c2ccccc2)c(O)c1.O=C(c1ccccc1)c1ccc(OCCO)cc1O.O=C(c1ccccc1)c1ccc(OCCOP2(=O)OCCO2)cc1O.O=P1(Cl)OCCO1.PP(P)B(P(P)P(P)P)P(P(P)P)P(P)P. The summed E-state index contributed by atoms with van der Waals surface area (Å²) in [5.74, 6) is -0.558. The number of hydrogen-bond donors (Lipinski definition) is 5. The standard InChI is InChI=1S/C25H32NO9P.C18H16O5.C17H17O7P.C15H14O4.C2H4ClO3P.CH4.BH18P15/c1-19(2)25(29)33-14-12-26(3,4)13-15-34-36(30,31)35-17-16-32-21-10-11-22(23(27)18-21)24(28)20-8-6-5-7-9-20;1-2-17(20)23-11-10-22-14-8-9-15(16(19)12-14)18(21)13-6-4-3-5-7-13;18-16-12-14(21-8-9-22-25(20)23-10-11-24-25)6-7-15(16)17(19)13-4-2-1-3-5-13;16-8-9-19-12-6-7-13(14(17)10-12)15(18)11-4-2-1-3-5-11;3-7(4)5-1-2-6-7;;2-11(3)1(12(4)14(5)6)13(15(7)8)16(9)10/h5-11,18H,1,12-17H2,2-4H3,(H-,27,28,30,31);2-9,12,19H,1,10-11H2;1-7,12,18H,8-11H2;1-7,10,16-17H,8-9H2;1-2H2;1H4;2-10H2. The zero-order valence-corrected chi connectivity index (χ0v) is 87.7. The van der Waals surface area contributed by atoms with Crippen molar-refractivity contribution in [2.24, 2.45) is 0 Å². The Bertz CT molecular complexity index is 4950.